The van der Waals surface area contributed by atoms with Crippen molar-refractivity contribution in [3.8, 4) is 0 Å². The van der Waals surface area contributed by atoms with Gasteiger partial charge in [-0.15, -0.1) is 0 Å². The maximum atomic E-state index is 6.49. The van der Waals surface area contributed by atoms with Crippen molar-refractivity contribution in [3.63, 3.8) is 0 Å². The quantitative estimate of drug-likeness (QED) is 0.430. The molecule has 2 N–H and O–H groups in total. The Morgan fingerprint density at radius 2 is 1.64 bits per heavy atom. The van der Waals surface area contributed by atoms with E-state index in [1.807, 2.05) is 0 Å². The van der Waals surface area contributed by atoms with Gasteiger partial charge < -0.3 is 4.42 Å². The van der Waals surface area contributed by atoms with Gasteiger partial charge in [0.2, 0.25) is 0 Å². The summed E-state index contributed by atoms with van der Waals surface area (Å²) >= 11 is 0. The Kier molecular flexibility index (Phi) is 5.12. The minimum Gasteiger partial charge on any atom is -0.460 e. The lowest BCUT2D eigenvalue weighted by atomic mass is 9.92. The third-order valence-electron chi connectivity index (χ3n) is 6.97. The number of rotatable bonds is 4. The van der Waals surface area contributed by atoms with Gasteiger partial charge in [0.05, 0.1) is 11.4 Å². The minimum absolute atomic E-state index is 0.451. The first-order chi connectivity index (χ1) is 16.3. The number of furan rings is 1. The summed E-state index contributed by atoms with van der Waals surface area (Å²) in [5, 5.41) is 3.03. The molecule has 0 aliphatic heterocycles. The van der Waals surface area contributed by atoms with Crippen molar-refractivity contribution < 1.29 is 4.42 Å². The Bertz CT molecular complexity index is 1390. The Labute approximate surface area is 194 Å². The summed E-state index contributed by atoms with van der Waals surface area (Å²) in [4.78, 5) is 0. The van der Waals surface area contributed by atoms with Gasteiger partial charge in [-0.1, -0.05) is 66.8 Å². The molecular weight excluding hydrogens is 404 g/mol. The molecule has 0 amide bonds. The number of hydrogen-bond donors (Lipinski definition) is 1. The lowest BCUT2D eigenvalue weighted by molar-refractivity contribution is 0.474. The zero-order valence-electron chi connectivity index (χ0n) is 18.7. The maximum Gasteiger partial charge on any atom is 0.138 e. The van der Waals surface area contributed by atoms with Gasteiger partial charge in [-0.05, 0) is 61.1 Å². The molecule has 3 nitrogen and oxygen atoms in total. The monoisotopic (exact) mass is 432 g/mol. The van der Waals surface area contributed by atoms with Crippen molar-refractivity contribution >= 4 is 29.1 Å². The number of hydrogen-bond acceptors (Lipinski definition) is 3. The maximum absolute atomic E-state index is 6.49. The summed E-state index contributed by atoms with van der Waals surface area (Å²) in [6.45, 7) is 0. The summed E-state index contributed by atoms with van der Waals surface area (Å²) in [5.41, 5.74) is 8.11. The van der Waals surface area contributed by atoms with Crippen LogP contribution in [0.25, 0.3) is 17.7 Å². The van der Waals surface area contributed by atoms with Crippen LogP contribution in [0.15, 0.2) is 83.3 Å². The molecule has 3 aromatic rings. The summed E-state index contributed by atoms with van der Waals surface area (Å²) in [5.74, 6) is 8.07. The molecule has 0 saturated heterocycles. The summed E-state index contributed by atoms with van der Waals surface area (Å²) in [6.07, 6.45) is 20.7. The van der Waals surface area contributed by atoms with Crippen LogP contribution in [0.4, 0.5) is 11.4 Å². The molecule has 0 spiro atoms. The summed E-state index contributed by atoms with van der Waals surface area (Å²) in [7, 11) is 0. The number of fused-ring (bicyclic) bond motifs is 3. The number of hydrazine groups is 1. The number of nitrogens with two attached hydrogens (primary N) is 1. The molecule has 3 aliphatic rings. The second-order valence-electron chi connectivity index (χ2n) is 9.01. The van der Waals surface area contributed by atoms with Crippen LogP contribution in [0, 0.1) is 0 Å². The van der Waals surface area contributed by atoms with E-state index in [-0.39, 0.29) is 0 Å². The van der Waals surface area contributed by atoms with E-state index >= 15 is 0 Å². The van der Waals surface area contributed by atoms with Gasteiger partial charge in [-0.3, -0.25) is 5.01 Å². The molecule has 3 heteroatoms. The van der Waals surface area contributed by atoms with Gasteiger partial charge in [0, 0.05) is 28.7 Å². The Morgan fingerprint density at radius 3 is 2.39 bits per heavy atom. The molecule has 164 valence electrons. The Hall–Kier alpha value is -3.56. The number of nitrogens with zero attached hydrogens (tertiary/aromatic N) is 1. The smallest absolute Gasteiger partial charge is 0.138 e. The zero-order valence-corrected chi connectivity index (χ0v) is 18.7. The Balaban J connectivity index is 1.27. The third kappa shape index (κ3) is 3.69. The van der Waals surface area contributed by atoms with E-state index in [2.05, 4.69) is 91.1 Å². The van der Waals surface area contributed by atoms with Crippen LogP contribution in [-0.2, 0) is 6.42 Å². The van der Waals surface area contributed by atoms with Gasteiger partial charge in [0.1, 0.15) is 11.2 Å². The Morgan fingerprint density at radius 1 is 0.848 bits per heavy atom. The third-order valence-corrected chi connectivity index (χ3v) is 6.97. The van der Waals surface area contributed by atoms with Crippen molar-refractivity contribution in [2.24, 2.45) is 5.84 Å². The standard InChI is InChI=1S/C30H28N2O/c31-32(24-17-13-22(14-18-24)21-7-2-1-3-8-21)25-19-15-23(16-20-25)26-10-6-11-28-27-9-4-5-12-29(27)33-30(26)28/h1-4,7,9,11,13-21H,5-6,8,10,12,31H2. The number of anilines is 2. The van der Waals surface area contributed by atoms with Gasteiger partial charge in [-0.2, -0.15) is 0 Å². The zero-order chi connectivity index (χ0) is 22.2. The molecule has 0 fully saturated rings. The fourth-order valence-electron chi connectivity index (χ4n) is 5.15. The second-order valence-corrected chi connectivity index (χ2v) is 9.01. The minimum atomic E-state index is 0.451. The predicted octanol–water partition coefficient (Wildman–Crippen LogP) is 5.62. The fourth-order valence-corrected chi connectivity index (χ4v) is 5.15. The van der Waals surface area contributed by atoms with Crippen LogP contribution >= 0.6 is 0 Å². The van der Waals surface area contributed by atoms with E-state index in [0.717, 1.165) is 54.7 Å². The first-order valence-electron chi connectivity index (χ1n) is 11.9. The van der Waals surface area contributed by atoms with Crippen molar-refractivity contribution in [2.45, 2.75) is 38.0 Å². The number of benzene rings is 2. The van der Waals surface area contributed by atoms with E-state index in [4.69, 9.17) is 10.3 Å². The highest BCUT2D eigenvalue weighted by molar-refractivity contribution is 5.72. The molecule has 6 rings (SSSR count). The van der Waals surface area contributed by atoms with Crippen molar-refractivity contribution in [2.75, 3.05) is 5.01 Å². The molecule has 0 bridgehead atoms. The lowest BCUT2D eigenvalue weighted by Gasteiger charge is -2.21. The van der Waals surface area contributed by atoms with Crippen LogP contribution in [0.3, 0.4) is 0 Å². The summed E-state index contributed by atoms with van der Waals surface area (Å²) < 4.78 is 6.34. The van der Waals surface area contributed by atoms with Crippen LogP contribution in [0.5, 0.6) is 0 Å². The van der Waals surface area contributed by atoms with Gasteiger partial charge in [-0.25, -0.2) is 5.84 Å². The average molecular weight is 433 g/mol. The van der Waals surface area contributed by atoms with E-state index < -0.39 is 0 Å². The van der Waals surface area contributed by atoms with E-state index in [9.17, 15) is 0 Å². The molecule has 0 radical (unpaired) electrons. The van der Waals surface area contributed by atoms with Crippen LogP contribution in [-0.4, -0.2) is 0 Å². The topological polar surface area (TPSA) is 42.4 Å². The van der Waals surface area contributed by atoms with E-state index in [1.165, 1.54) is 27.5 Å². The van der Waals surface area contributed by atoms with Crippen molar-refractivity contribution in [1.29, 1.82) is 0 Å². The van der Waals surface area contributed by atoms with Gasteiger partial charge in [0.15, 0.2) is 0 Å². The lowest BCUT2D eigenvalue weighted by Crippen LogP contribution is -2.28. The highest BCUT2D eigenvalue weighted by Crippen LogP contribution is 2.29. The molecule has 2 aromatic carbocycles. The highest BCUT2D eigenvalue weighted by atomic mass is 16.3. The predicted molar refractivity (Wildman–Crippen MR) is 136 cm³/mol. The fraction of sp³-hybridized carbons (Fsp3) is 0.200. The van der Waals surface area contributed by atoms with E-state index in [1.54, 1.807) is 5.01 Å². The van der Waals surface area contributed by atoms with Crippen molar-refractivity contribution in [1.82, 2.24) is 0 Å². The summed E-state index contributed by atoms with van der Waals surface area (Å²) in [6, 6.07) is 17.1. The highest BCUT2D eigenvalue weighted by Gasteiger charge is 2.18. The van der Waals surface area contributed by atoms with Crippen LogP contribution < -0.4 is 21.5 Å². The normalized spacial score (nSPS) is 18.6. The van der Waals surface area contributed by atoms with Crippen molar-refractivity contribution in [3.05, 3.63) is 112 Å². The van der Waals surface area contributed by atoms with E-state index in [0.29, 0.717) is 5.92 Å². The molecular formula is C30H28N2O. The first-order valence-corrected chi connectivity index (χ1v) is 11.9. The average Bonchev–Trinajstić information content (AvgIpc) is 3.28. The molecule has 1 atom stereocenters. The molecule has 1 aromatic heterocycles. The van der Waals surface area contributed by atoms with Gasteiger partial charge in [0.25, 0.3) is 0 Å². The van der Waals surface area contributed by atoms with Crippen LogP contribution in [0.2, 0.25) is 0 Å². The first kappa shape index (κ1) is 20.1. The number of allylic oxidation sites excluding steroid dienone is 5. The van der Waals surface area contributed by atoms with Gasteiger partial charge >= 0.3 is 0 Å². The molecule has 0 saturated carbocycles. The SMILES string of the molecule is NN(c1ccc(C2=c3oc4c(c3=CCC2)C=CCC4)cc1)c1ccc(C2C=CC=CC2)cc1. The molecule has 1 heterocycles. The van der Waals surface area contributed by atoms with Crippen LogP contribution in [0.1, 0.15) is 54.1 Å². The molecule has 1 unspecified atom stereocenters. The largest absolute Gasteiger partial charge is 0.460 e. The second kappa shape index (κ2) is 8.42. The number of aryl methyl sites for hydroxylation is 1. The molecule has 3 aliphatic carbocycles. The molecule has 33 heavy (non-hydrogen) atoms.